The summed E-state index contributed by atoms with van der Waals surface area (Å²) in [6.45, 7) is 0.796. The number of nitrogens with two attached hydrogens (primary N) is 1. The average molecular weight is 256 g/mol. The maximum atomic E-state index is 5.60. The molecule has 2 aromatic rings. The zero-order valence-electron chi connectivity index (χ0n) is 10.6. The Morgan fingerprint density at radius 2 is 1.33 bits per heavy atom. The predicted molar refractivity (Wildman–Crippen MR) is 82.0 cm³/mol. The van der Waals surface area contributed by atoms with E-state index in [1.54, 1.807) is 0 Å². The number of nitrogens with zero attached hydrogens (tertiary/aromatic N) is 1. The highest BCUT2D eigenvalue weighted by molar-refractivity contribution is 6.44. The number of hydrogen-bond donors (Lipinski definition) is 1. The van der Waals surface area contributed by atoms with Crippen LogP contribution in [0, 0.1) is 0 Å². The van der Waals surface area contributed by atoms with Crippen molar-refractivity contribution in [2.24, 2.45) is 5.73 Å². The van der Waals surface area contributed by atoms with E-state index in [1.165, 1.54) is 17.4 Å². The second-order valence-electron chi connectivity index (χ2n) is 4.32. The molecule has 0 aliphatic carbocycles. The third-order valence-corrected chi connectivity index (χ3v) is 4.97. The number of para-hydroxylation sites is 2. The van der Waals surface area contributed by atoms with E-state index in [2.05, 4.69) is 65.2 Å². The molecule has 0 amide bonds. The molecule has 2 aromatic carbocycles. The SMILES string of the molecule is NCCC[SiH2]N(c1ccccc1)c1ccccc1. The fourth-order valence-corrected chi connectivity index (χ4v) is 3.80. The molecule has 0 saturated carbocycles. The van der Waals surface area contributed by atoms with Crippen LogP contribution in [0.5, 0.6) is 0 Å². The Hall–Kier alpha value is -1.58. The van der Waals surface area contributed by atoms with Crippen LogP contribution in [0.3, 0.4) is 0 Å². The third-order valence-electron chi connectivity index (χ3n) is 2.97. The van der Waals surface area contributed by atoms with Gasteiger partial charge in [0.15, 0.2) is 0 Å². The third kappa shape index (κ3) is 3.45. The maximum absolute atomic E-state index is 5.60. The Bertz CT molecular complexity index is 405. The Labute approximate surface area is 111 Å². The number of hydrogen-bond acceptors (Lipinski definition) is 2. The molecule has 0 unspecified atom stereocenters. The lowest BCUT2D eigenvalue weighted by Gasteiger charge is -2.25. The van der Waals surface area contributed by atoms with Crippen molar-refractivity contribution in [1.82, 2.24) is 0 Å². The zero-order chi connectivity index (χ0) is 12.6. The molecule has 0 aromatic heterocycles. The van der Waals surface area contributed by atoms with Crippen molar-refractivity contribution in [3.05, 3.63) is 60.7 Å². The fraction of sp³-hybridized carbons (Fsp3) is 0.200. The van der Waals surface area contributed by atoms with Crippen LogP contribution in [0.15, 0.2) is 60.7 Å². The van der Waals surface area contributed by atoms with Crippen LogP contribution in [-0.2, 0) is 0 Å². The quantitative estimate of drug-likeness (QED) is 0.636. The van der Waals surface area contributed by atoms with E-state index in [9.17, 15) is 0 Å². The lowest BCUT2D eigenvalue weighted by molar-refractivity contribution is 0.923. The summed E-state index contributed by atoms with van der Waals surface area (Å²) in [5.74, 6) is 0. The van der Waals surface area contributed by atoms with Crippen LogP contribution in [0.4, 0.5) is 11.4 Å². The van der Waals surface area contributed by atoms with E-state index in [-0.39, 0.29) is 9.68 Å². The normalized spacial score (nSPS) is 10.9. The van der Waals surface area contributed by atoms with E-state index in [0.717, 1.165) is 13.0 Å². The molecule has 3 heteroatoms. The van der Waals surface area contributed by atoms with Gasteiger partial charge in [-0.1, -0.05) is 36.4 Å². The molecule has 0 spiro atoms. The van der Waals surface area contributed by atoms with Crippen molar-refractivity contribution in [3.8, 4) is 0 Å². The van der Waals surface area contributed by atoms with Gasteiger partial charge in [-0.2, -0.15) is 0 Å². The molecule has 0 bridgehead atoms. The van der Waals surface area contributed by atoms with Crippen LogP contribution in [0.1, 0.15) is 6.42 Å². The summed E-state index contributed by atoms with van der Waals surface area (Å²) in [4.78, 5) is 0. The molecular formula is C15H20N2Si. The van der Waals surface area contributed by atoms with E-state index in [4.69, 9.17) is 5.73 Å². The second-order valence-corrected chi connectivity index (χ2v) is 6.11. The molecule has 94 valence electrons. The van der Waals surface area contributed by atoms with Gasteiger partial charge in [0.25, 0.3) is 0 Å². The smallest absolute Gasteiger partial charge is 0.130 e. The second kappa shape index (κ2) is 6.99. The maximum Gasteiger partial charge on any atom is 0.130 e. The molecule has 0 aliphatic heterocycles. The minimum Gasteiger partial charge on any atom is -0.375 e. The van der Waals surface area contributed by atoms with Crippen LogP contribution in [0.25, 0.3) is 0 Å². The predicted octanol–water partition coefficient (Wildman–Crippen LogP) is 2.68. The highest BCUT2D eigenvalue weighted by Gasteiger charge is 2.07. The first-order valence-corrected chi connectivity index (χ1v) is 8.13. The largest absolute Gasteiger partial charge is 0.375 e. The first-order chi connectivity index (χ1) is 8.92. The van der Waals surface area contributed by atoms with Crippen LogP contribution >= 0.6 is 0 Å². The summed E-state index contributed by atoms with van der Waals surface area (Å²) in [6, 6.07) is 22.5. The summed E-state index contributed by atoms with van der Waals surface area (Å²) >= 11 is 0. The van der Waals surface area contributed by atoms with Gasteiger partial charge in [0.05, 0.1) is 0 Å². The van der Waals surface area contributed by atoms with Gasteiger partial charge in [0.1, 0.15) is 9.68 Å². The topological polar surface area (TPSA) is 29.3 Å². The van der Waals surface area contributed by atoms with Crippen molar-refractivity contribution in [2.75, 3.05) is 11.1 Å². The van der Waals surface area contributed by atoms with Gasteiger partial charge in [-0.15, -0.1) is 0 Å². The standard InChI is InChI=1S/C15H20N2Si/c16-12-7-13-18-17(14-8-3-1-4-9-14)15-10-5-2-6-11-15/h1-6,8-11H,7,12-13,16,18H2. The summed E-state index contributed by atoms with van der Waals surface area (Å²) in [5, 5.41) is 0. The van der Waals surface area contributed by atoms with Crippen molar-refractivity contribution < 1.29 is 0 Å². The molecule has 18 heavy (non-hydrogen) atoms. The summed E-state index contributed by atoms with van der Waals surface area (Å²) in [5.41, 5.74) is 8.19. The Morgan fingerprint density at radius 3 is 1.78 bits per heavy atom. The minimum absolute atomic E-state index is 0.329. The van der Waals surface area contributed by atoms with Crippen LogP contribution in [-0.4, -0.2) is 16.2 Å². The summed E-state index contributed by atoms with van der Waals surface area (Å²) in [7, 11) is -0.329. The Morgan fingerprint density at radius 1 is 0.833 bits per heavy atom. The van der Waals surface area contributed by atoms with E-state index in [0.29, 0.717) is 0 Å². The Balaban J connectivity index is 2.18. The van der Waals surface area contributed by atoms with Gasteiger partial charge in [-0.25, -0.2) is 0 Å². The fourth-order valence-electron chi connectivity index (χ4n) is 2.04. The van der Waals surface area contributed by atoms with Gasteiger partial charge in [0, 0.05) is 11.4 Å². The molecule has 2 rings (SSSR count). The lowest BCUT2D eigenvalue weighted by atomic mass is 10.3. The molecule has 0 radical (unpaired) electrons. The summed E-state index contributed by atoms with van der Waals surface area (Å²) < 4.78 is 2.48. The lowest BCUT2D eigenvalue weighted by Crippen LogP contribution is -2.22. The number of rotatable bonds is 6. The molecule has 2 nitrogen and oxygen atoms in total. The molecular weight excluding hydrogens is 236 g/mol. The molecule has 2 N–H and O–H groups in total. The zero-order valence-corrected chi connectivity index (χ0v) is 12.0. The first-order valence-electron chi connectivity index (χ1n) is 6.49. The van der Waals surface area contributed by atoms with E-state index < -0.39 is 0 Å². The van der Waals surface area contributed by atoms with Crippen molar-refractivity contribution >= 4 is 21.1 Å². The highest BCUT2D eigenvalue weighted by atomic mass is 28.2. The number of anilines is 2. The molecule has 0 saturated heterocycles. The molecule has 0 heterocycles. The van der Waals surface area contributed by atoms with Crippen molar-refractivity contribution in [3.63, 3.8) is 0 Å². The molecule has 0 aliphatic rings. The first kappa shape index (κ1) is 12.9. The molecule has 0 fully saturated rings. The van der Waals surface area contributed by atoms with Gasteiger partial charge in [-0.05, 0) is 43.3 Å². The van der Waals surface area contributed by atoms with Gasteiger partial charge in [0.2, 0.25) is 0 Å². The van der Waals surface area contributed by atoms with E-state index >= 15 is 0 Å². The van der Waals surface area contributed by atoms with Gasteiger partial charge < -0.3 is 10.3 Å². The average Bonchev–Trinajstić information content (AvgIpc) is 2.46. The highest BCUT2D eigenvalue weighted by Crippen LogP contribution is 2.24. The molecule has 0 atom stereocenters. The van der Waals surface area contributed by atoms with E-state index in [1.807, 2.05) is 0 Å². The van der Waals surface area contributed by atoms with Gasteiger partial charge >= 0.3 is 0 Å². The van der Waals surface area contributed by atoms with Crippen LogP contribution in [0.2, 0.25) is 6.04 Å². The monoisotopic (exact) mass is 256 g/mol. The number of benzene rings is 2. The van der Waals surface area contributed by atoms with Crippen molar-refractivity contribution in [1.29, 1.82) is 0 Å². The minimum atomic E-state index is -0.329. The van der Waals surface area contributed by atoms with Crippen LogP contribution < -0.4 is 10.3 Å². The van der Waals surface area contributed by atoms with Gasteiger partial charge in [-0.3, -0.25) is 0 Å². The Kier molecular flexibility index (Phi) is 4.99. The van der Waals surface area contributed by atoms with Crippen molar-refractivity contribution in [2.45, 2.75) is 12.5 Å². The summed E-state index contributed by atoms with van der Waals surface area (Å²) in [6.07, 6.45) is 1.13.